The number of benzene rings is 1. The van der Waals surface area contributed by atoms with Gasteiger partial charge in [-0.1, -0.05) is 18.6 Å². The lowest BCUT2D eigenvalue weighted by Gasteiger charge is -2.29. The van der Waals surface area contributed by atoms with Gasteiger partial charge in [-0.15, -0.1) is 0 Å². The quantitative estimate of drug-likeness (QED) is 0.860. The van der Waals surface area contributed by atoms with Crippen LogP contribution in [0.2, 0.25) is 0 Å². The summed E-state index contributed by atoms with van der Waals surface area (Å²) >= 11 is 0. The molecule has 1 saturated carbocycles. The summed E-state index contributed by atoms with van der Waals surface area (Å²) in [5.74, 6) is 1.34. The Labute approximate surface area is 150 Å². The van der Waals surface area contributed by atoms with Gasteiger partial charge in [-0.05, 0) is 56.3 Å². The van der Waals surface area contributed by atoms with Crippen molar-refractivity contribution in [2.75, 3.05) is 33.8 Å². The highest BCUT2D eigenvalue weighted by atomic mass is 16.5. The molecular weight excluding hydrogens is 316 g/mol. The first-order valence-corrected chi connectivity index (χ1v) is 9.38. The van der Waals surface area contributed by atoms with Crippen LogP contribution in [-0.2, 0) is 4.79 Å². The summed E-state index contributed by atoms with van der Waals surface area (Å²) in [5, 5.41) is 9.98. The number of hydrogen-bond donors (Lipinski definition) is 1. The molecule has 3 rings (SSSR count). The van der Waals surface area contributed by atoms with Crippen LogP contribution in [0.5, 0.6) is 5.75 Å². The summed E-state index contributed by atoms with van der Waals surface area (Å²) in [4.78, 5) is 16.9. The summed E-state index contributed by atoms with van der Waals surface area (Å²) in [6, 6.07) is 8.22. The van der Waals surface area contributed by atoms with Crippen LogP contribution in [0.25, 0.3) is 0 Å². The number of aliphatic hydroxyl groups is 1. The first kappa shape index (κ1) is 18.2. The van der Waals surface area contributed by atoms with Crippen molar-refractivity contribution in [1.82, 2.24) is 9.80 Å². The third-order valence-corrected chi connectivity index (χ3v) is 5.64. The highest BCUT2D eigenvalue weighted by Gasteiger charge is 2.31. The van der Waals surface area contributed by atoms with Gasteiger partial charge in [-0.2, -0.15) is 0 Å². The zero-order chi connectivity index (χ0) is 17.8. The molecule has 3 unspecified atom stereocenters. The summed E-state index contributed by atoms with van der Waals surface area (Å²) in [6.45, 7) is 2.05. The van der Waals surface area contributed by atoms with Crippen LogP contribution in [-0.4, -0.2) is 60.7 Å². The standard InChI is InChI=1S/C20H30N2O3/c1-21(13-16-5-3-7-19(16)23)14-20(24)22-12-4-6-18(22)15-8-10-17(25-2)11-9-15/h8-11,16,18-19,23H,3-7,12-14H2,1-2H3. The third-order valence-electron chi connectivity index (χ3n) is 5.64. The molecule has 25 heavy (non-hydrogen) atoms. The molecule has 1 heterocycles. The fraction of sp³-hybridized carbons (Fsp3) is 0.650. The van der Waals surface area contributed by atoms with Crippen molar-refractivity contribution >= 4 is 5.91 Å². The number of methoxy groups -OCH3 is 1. The van der Waals surface area contributed by atoms with E-state index in [1.165, 1.54) is 5.56 Å². The van der Waals surface area contributed by atoms with Crippen molar-refractivity contribution in [1.29, 1.82) is 0 Å². The maximum atomic E-state index is 12.8. The molecule has 1 N–H and O–H groups in total. The molecular formula is C20H30N2O3. The zero-order valence-electron chi connectivity index (χ0n) is 15.4. The van der Waals surface area contributed by atoms with Crippen LogP contribution >= 0.6 is 0 Å². The van der Waals surface area contributed by atoms with Crippen molar-refractivity contribution in [3.8, 4) is 5.75 Å². The molecule has 3 atom stereocenters. The Morgan fingerprint density at radius 3 is 2.64 bits per heavy atom. The van der Waals surface area contributed by atoms with Crippen LogP contribution in [0.15, 0.2) is 24.3 Å². The molecule has 1 amide bonds. The molecule has 1 aromatic rings. The minimum Gasteiger partial charge on any atom is -0.497 e. The van der Waals surface area contributed by atoms with Gasteiger partial charge in [0.1, 0.15) is 5.75 Å². The number of hydrogen-bond acceptors (Lipinski definition) is 4. The number of nitrogens with zero attached hydrogens (tertiary/aromatic N) is 2. The summed E-state index contributed by atoms with van der Waals surface area (Å²) in [5.41, 5.74) is 1.18. The molecule has 0 spiro atoms. The number of aliphatic hydroxyl groups excluding tert-OH is 1. The molecule has 0 radical (unpaired) electrons. The van der Waals surface area contributed by atoms with Gasteiger partial charge < -0.3 is 14.7 Å². The number of carbonyl (C=O) groups is 1. The predicted octanol–water partition coefficient (Wildman–Crippen LogP) is 2.45. The van der Waals surface area contributed by atoms with E-state index >= 15 is 0 Å². The molecule has 2 aliphatic rings. The van der Waals surface area contributed by atoms with Gasteiger partial charge >= 0.3 is 0 Å². The minimum atomic E-state index is -0.198. The molecule has 1 saturated heterocycles. The number of ether oxygens (including phenoxy) is 1. The Hall–Kier alpha value is -1.59. The fourth-order valence-electron chi connectivity index (χ4n) is 4.25. The van der Waals surface area contributed by atoms with E-state index in [2.05, 4.69) is 17.0 Å². The van der Waals surface area contributed by atoms with E-state index in [9.17, 15) is 9.90 Å². The van der Waals surface area contributed by atoms with Crippen molar-refractivity contribution in [2.45, 2.75) is 44.2 Å². The lowest BCUT2D eigenvalue weighted by atomic mass is 10.0. The summed E-state index contributed by atoms with van der Waals surface area (Å²) in [7, 11) is 3.65. The van der Waals surface area contributed by atoms with Gasteiger partial charge in [0, 0.05) is 13.1 Å². The molecule has 1 aromatic carbocycles. The molecule has 1 aliphatic heterocycles. The van der Waals surface area contributed by atoms with Crippen molar-refractivity contribution in [3.05, 3.63) is 29.8 Å². The predicted molar refractivity (Wildman–Crippen MR) is 97.5 cm³/mol. The van der Waals surface area contributed by atoms with Crippen LogP contribution < -0.4 is 4.74 Å². The fourth-order valence-corrected chi connectivity index (χ4v) is 4.25. The highest BCUT2D eigenvalue weighted by molar-refractivity contribution is 5.79. The monoisotopic (exact) mass is 346 g/mol. The Kier molecular flexibility index (Phi) is 5.97. The molecule has 5 heteroatoms. The topological polar surface area (TPSA) is 53.0 Å². The van der Waals surface area contributed by atoms with E-state index in [1.807, 2.05) is 24.1 Å². The van der Waals surface area contributed by atoms with Gasteiger partial charge in [0.2, 0.25) is 5.91 Å². The number of carbonyl (C=O) groups excluding carboxylic acids is 1. The SMILES string of the molecule is COc1ccc(C2CCCN2C(=O)CN(C)CC2CCCC2O)cc1. The van der Waals surface area contributed by atoms with Gasteiger partial charge in [0.05, 0.1) is 25.8 Å². The van der Waals surface area contributed by atoms with Crippen LogP contribution in [0.3, 0.4) is 0 Å². The first-order valence-electron chi connectivity index (χ1n) is 9.38. The number of likely N-dealkylation sites (tertiary alicyclic amines) is 1. The molecule has 0 bridgehead atoms. The smallest absolute Gasteiger partial charge is 0.237 e. The van der Waals surface area contributed by atoms with Crippen molar-refractivity contribution in [3.63, 3.8) is 0 Å². The van der Waals surface area contributed by atoms with Crippen LogP contribution in [0.4, 0.5) is 0 Å². The number of amides is 1. The number of likely N-dealkylation sites (N-methyl/N-ethyl adjacent to an activating group) is 1. The first-order chi connectivity index (χ1) is 12.1. The Balaban J connectivity index is 1.58. The molecule has 5 nitrogen and oxygen atoms in total. The zero-order valence-corrected chi connectivity index (χ0v) is 15.4. The largest absolute Gasteiger partial charge is 0.497 e. The number of rotatable bonds is 6. The summed E-state index contributed by atoms with van der Waals surface area (Å²) in [6.07, 6.45) is 4.93. The van der Waals surface area contributed by atoms with E-state index in [-0.39, 0.29) is 18.1 Å². The molecule has 0 aromatic heterocycles. The minimum absolute atomic E-state index is 0.170. The van der Waals surface area contributed by atoms with Crippen LogP contribution in [0, 0.1) is 5.92 Å². The normalized spacial score (nSPS) is 26.4. The van der Waals surface area contributed by atoms with Crippen molar-refractivity contribution in [2.24, 2.45) is 5.92 Å². The maximum Gasteiger partial charge on any atom is 0.237 e. The van der Waals surface area contributed by atoms with Gasteiger partial charge in [-0.25, -0.2) is 0 Å². The van der Waals surface area contributed by atoms with Gasteiger partial charge in [0.15, 0.2) is 0 Å². The van der Waals surface area contributed by atoms with E-state index < -0.39 is 0 Å². The van der Waals surface area contributed by atoms with E-state index in [0.717, 1.165) is 50.9 Å². The lowest BCUT2D eigenvalue weighted by Crippen LogP contribution is -2.40. The van der Waals surface area contributed by atoms with Gasteiger partial charge in [0.25, 0.3) is 0 Å². The Morgan fingerprint density at radius 1 is 1.24 bits per heavy atom. The van der Waals surface area contributed by atoms with E-state index in [4.69, 9.17) is 4.74 Å². The average molecular weight is 346 g/mol. The van der Waals surface area contributed by atoms with Crippen LogP contribution in [0.1, 0.15) is 43.7 Å². The second-order valence-corrected chi connectivity index (χ2v) is 7.47. The van der Waals surface area contributed by atoms with Crippen molar-refractivity contribution < 1.29 is 14.6 Å². The molecule has 2 fully saturated rings. The third kappa shape index (κ3) is 4.33. The second kappa shape index (κ2) is 8.19. The Bertz CT molecular complexity index is 575. The Morgan fingerprint density at radius 2 is 2.00 bits per heavy atom. The highest BCUT2D eigenvalue weighted by Crippen LogP contribution is 2.33. The molecule has 138 valence electrons. The summed E-state index contributed by atoms with van der Waals surface area (Å²) < 4.78 is 5.22. The van der Waals surface area contributed by atoms with E-state index in [1.54, 1.807) is 7.11 Å². The molecule has 1 aliphatic carbocycles. The lowest BCUT2D eigenvalue weighted by molar-refractivity contribution is -0.133. The van der Waals surface area contributed by atoms with E-state index in [0.29, 0.717) is 12.5 Å². The average Bonchev–Trinajstić information content (AvgIpc) is 3.24. The van der Waals surface area contributed by atoms with Gasteiger partial charge in [-0.3, -0.25) is 9.69 Å². The second-order valence-electron chi connectivity index (χ2n) is 7.47. The maximum absolute atomic E-state index is 12.8.